The molecule has 36 heavy (non-hydrogen) atoms. The molecular weight excluding hydrogens is 492 g/mol. The Hall–Kier alpha value is -3.84. The Morgan fingerprint density at radius 2 is 1.64 bits per heavy atom. The third kappa shape index (κ3) is 4.93. The maximum Gasteiger partial charge on any atom is 0.418 e. The first-order chi connectivity index (χ1) is 17.3. The maximum atomic E-state index is 14.6. The zero-order valence-corrected chi connectivity index (χ0v) is 19.5. The molecule has 3 nitrogen and oxygen atoms in total. The molecule has 0 aliphatic heterocycles. The van der Waals surface area contributed by atoms with E-state index < -0.39 is 17.6 Å². The van der Waals surface area contributed by atoms with Gasteiger partial charge in [0.05, 0.1) is 17.8 Å². The zero-order valence-electron chi connectivity index (χ0n) is 18.8. The second kappa shape index (κ2) is 9.66. The van der Waals surface area contributed by atoms with Crippen molar-refractivity contribution in [1.29, 1.82) is 0 Å². The fraction of sp³-hybridized carbons (Fsp3) is 0.107. The van der Waals surface area contributed by atoms with Gasteiger partial charge in [0.25, 0.3) is 0 Å². The second-order valence-electron chi connectivity index (χ2n) is 8.24. The minimum atomic E-state index is -4.60. The Bertz CT molecular complexity index is 1530. The number of hydrogen-bond donors (Lipinski definition) is 0. The molecule has 0 amide bonds. The predicted molar refractivity (Wildman–Crippen MR) is 131 cm³/mol. The number of halogens is 5. The number of fused-ring (bicyclic) bond motifs is 1. The van der Waals surface area contributed by atoms with Crippen molar-refractivity contribution in [2.45, 2.75) is 19.3 Å². The summed E-state index contributed by atoms with van der Waals surface area (Å²) >= 11 is 5.87. The molecule has 0 radical (unpaired) electrons. The molecule has 0 N–H and O–H groups in total. The monoisotopic (exact) mass is 510 g/mol. The standard InChI is InChI=1S/C28H19ClF4N2O/c29-21-13-12-20(25(30)15-21)16-35-27(23-10-5-11-24(26(23)34-35)28(31,32)33)19-8-4-9-22(14-19)36-17-18-6-2-1-3-7-18/h1-15H,16-17H2. The average molecular weight is 511 g/mol. The van der Waals surface area contributed by atoms with Gasteiger partial charge in [0.1, 0.15) is 23.7 Å². The lowest BCUT2D eigenvalue weighted by atomic mass is 10.0. The Balaban J connectivity index is 1.61. The number of benzene rings is 4. The van der Waals surface area contributed by atoms with Crippen molar-refractivity contribution in [1.82, 2.24) is 9.78 Å². The summed E-state index contributed by atoms with van der Waals surface area (Å²) in [6.07, 6.45) is -4.60. The SMILES string of the molecule is Fc1cc(Cl)ccc1Cn1nc2c(C(F)(F)F)cccc2c1-c1cccc(OCc2ccccc2)c1. The van der Waals surface area contributed by atoms with Crippen molar-refractivity contribution in [3.8, 4) is 17.0 Å². The molecular formula is C28H19ClF4N2O. The molecule has 1 aromatic heterocycles. The quantitative estimate of drug-likeness (QED) is 0.216. The molecule has 0 saturated carbocycles. The highest BCUT2D eigenvalue weighted by Crippen LogP contribution is 2.39. The minimum Gasteiger partial charge on any atom is -0.489 e. The van der Waals surface area contributed by atoms with Gasteiger partial charge in [-0.15, -0.1) is 0 Å². The highest BCUT2D eigenvalue weighted by Gasteiger charge is 2.34. The molecule has 4 aromatic carbocycles. The van der Waals surface area contributed by atoms with Gasteiger partial charge in [-0.2, -0.15) is 18.3 Å². The van der Waals surface area contributed by atoms with Gasteiger partial charge in [-0.05, 0) is 35.9 Å². The maximum absolute atomic E-state index is 14.6. The van der Waals surface area contributed by atoms with Gasteiger partial charge in [-0.3, -0.25) is 4.68 Å². The van der Waals surface area contributed by atoms with Crippen LogP contribution in [0.25, 0.3) is 22.2 Å². The van der Waals surface area contributed by atoms with Crippen LogP contribution in [0.15, 0.2) is 91.0 Å². The summed E-state index contributed by atoms with van der Waals surface area (Å²) in [7, 11) is 0. The van der Waals surface area contributed by atoms with Crippen LogP contribution in [0.4, 0.5) is 17.6 Å². The molecule has 0 atom stereocenters. The van der Waals surface area contributed by atoms with Crippen LogP contribution < -0.4 is 4.74 Å². The number of aromatic nitrogens is 2. The molecule has 0 saturated heterocycles. The number of rotatable bonds is 6. The molecule has 0 fully saturated rings. The molecule has 0 bridgehead atoms. The van der Waals surface area contributed by atoms with Crippen LogP contribution in [0.5, 0.6) is 5.75 Å². The first-order valence-corrected chi connectivity index (χ1v) is 11.5. The Morgan fingerprint density at radius 1 is 0.861 bits per heavy atom. The van der Waals surface area contributed by atoms with Gasteiger partial charge in [-0.25, -0.2) is 4.39 Å². The smallest absolute Gasteiger partial charge is 0.418 e. The first-order valence-electron chi connectivity index (χ1n) is 11.1. The molecule has 5 rings (SSSR count). The third-order valence-electron chi connectivity index (χ3n) is 5.77. The Morgan fingerprint density at radius 3 is 2.39 bits per heavy atom. The molecule has 5 aromatic rings. The molecule has 0 aliphatic rings. The third-order valence-corrected chi connectivity index (χ3v) is 6.00. The van der Waals surface area contributed by atoms with Gasteiger partial charge in [-0.1, -0.05) is 72.3 Å². The van der Waals surface area contributed by atoms with E-state index in [1.165, 1.54) is 28.9 Å². The van der Waals surface area contributed by atoms with E-state index in [4.69, 9.17) is 16.3 Å². The van der Waals surface area contributed by atoms with Crippen molar-refractivity contribution in [3.05, 3.63) is 119 Å². The Kier molecular flexibility index (Phi) is 6.41. The number of nitrogens with zero attached hydrogens (tertiary/aromatic N) is 2. The fourth-order valence-corrected chi connectivity index (χ4v) is 4.24. The summed E-state index contributed by atoms with van der Waals surface area (Å²) in [5, 5.41) is 4.83. The fourth-order valence-electron chi connectivity index (χ4n) is 4.09. The summed E-state index contributed by atoms with van der Waals surface area (Å²) in [5.74, 6) is -0.0223. The van der Waals surface area contributed by atoms with E-state index in [1.807, 2.05) is 30.3 Å². The molecule has 0 aliphatic carbocycles. The lowest BCUT2D eigenvalue weighted by Gasteiger charge is -2.12. The van der Waals surface area contributed by atoms with Gasteiger partial charge in [0.2, 0.25) is 0 Å². The van der Waals surface area contributed by atoms with Crippen LogP contribution in [0.2, 0.25) is 5.02 Å². The van der Waals surface area contributed by atoms with E-state index in [9.17, 15) is 17.6 Å². The second-order valence-corrected chi connectivity index (χ2v) is 8.68. The van der Waals surface area contributed by atoms with E-state index in [1.54, 1.807) is 30.3 Å². The van der Waals surface area contributed by atoms with Crippen LogP contribution in [0, 0.1) is 5.82 Å². The van der Waals surface area contributed by atoms with Crippen molar-refractivity contribution in [2.75, 3.05) is 0 Å². The van der Waals surface area contributed by atoms with Crippen LogP contribution in [-0.2, 0) is 19.3 Å². The lowest BCUT2D eigenvalue weighted by molar-refractivity contribution is -0.136. The summed E-state index contributed by atoms with van der Waals surface area (Å²) in [4.78, 5) is 0. The van der Waals surface area contributed by atoms with Crippen LogP contribution >= 0.6 is 11.6 Å². The van der Waals surface area contributed by atoms with E-state index in [0.29, 0.717) is 29.0 Å². The van der Waals surface area contributed by atoms with Gasteiger partial charge in [0, 0.05) is 21.5 Å². The summed E-state index contributed by atoms with van der Waals surface area (Å²) in [6.45, 7) is 0.248. The minimum absolute atomic E-state index is 0.0839. The van der Waals surface area contributed by atoms with Crippen molar-refractivity contribution in [3.63, 3.8) is 0 Å². The van der Waals surface area contributed by atoms with Crippen LogP contribution in [0.1, 0.15) is 16.7 Å². The van der Waals surface area contributed by atoms with Crippen LogP contribution in [-0.4, -0.2) is 9.78 Å². The summed E-state index contributed by atoms with van der Waals surface area (Å²) in [5.41, 5.74) is 1.19. The molecule has 0 spiro atoms. The van der Waals surface area contributed by atoms with E-state index in [0.717, 1.165) is 11.6 Å². The lowest BCUT2D eigenvalue weighted by Crippen LogP contribution is -2.07. The van der Waals surface area contributed by atoms with E-state index in [2.05, 4.69) is 5.10 Å². The van der Waals surface area contributed by atoms with Crippen molar-refractivity contribution in [2.24, 2.45) is 0 Å². The van der Waals surface area contributed by atoms with Crippen LogP contribution in [0.3, 0.4) is 0 Å². The molecule has 1 heterocycles. The Labute approximate surface area is 209 Å². The van der Waals surface area contributed by atoms with E-state index in [-0.39, 0.29) is 22.6 Å². The molecule has 182 valence electrons. The highest BCUT2D eigenvalue weighted by atomic mass is 35.5. The highest BCUT2D eigenvalue weighted by molar-refractivity contribution is 6.30. The van der Waals surface area contributed by atoms with E-state index >= 15 is 0 Å². The molecule has 8 heteroatoms. The average Bonchev–Trinajstić information content (AvgIpc) is 3.22. The van der Waals surface area contributed by atoms with Crippen molar-refractivity contribution < 1.29 is 22.3 Å². The summed E-state index contributed by atoms with van der Waals surface area (Å²) < 4.78 is 63.2. The van der Waals surface area contributed by atoms with Crippen molar-refractivity contribution >= 4 is 22.5 Å². The number of hydrogen-bond acceptors (Lipinski definition) is 2. The normalized spacial score (nSPS) is 11.7. The molecule has 0 unspecified atom stereocenters. The topological polar surface area (TPSA) is 27.1 Å². The number of ether oxygens (including phenoxy) is 1. The van der Waals surface area contributed by atoms with Gasteiger partial charge < -0.3 is 4.74 Å². The zero-order chi connectivity index (χ0) is 25.3. The number of alkyl halides is 3. The predicted octanol–water partition coefficient (Wildman–Crippen LogP) is 8.14. The van der Waals surface area contributed by atoms with Gasteiger partial charge in [0.15, 0.2) is 0 Å². The van der Waals surface area contributed by atoms with Gasteiger partial charge >= 0.3 is 6.18 Å². The largest absolute Gasteiger partial charge is 0.489 e. The first kappa shape index (κ1) is 23.9. The summed E-state index contributed by atoms with van der Waals surface area (Å²) in [6, 6.07) is 24.8.